The summed E-state index contributed by atoms with van der Waals surface area (Å²) in [4.78, 5) is 12.5. The summed E-state index contributed by atoms with van der Waals surface area (Å²) in [5.41, 5.74) is 2.04. The fourth-order valence-corrected chi connectivity index (χ4v) is 2.29. The molecule has 0 radical (unpaired) electrons. The van der Waals surface area contributed by atoms with Gasteiger partial charge in [-0.15, -0.1) is 10.2 Å². The van der Waals surface area contributed by atoms with Gasteiger partial charge < -0.3 is 0 Å². The van der Waals surface area contributed by atoms with Crippen LogP contribution in [0.5, 0.6) is 0 Å². The number of carbonyl (C=O) groups excluding carboxylic acids is 1. The number of benzene rings is 1. The summed E-state index contributed by atoms with van der Waals surface area (Å²) < 4.78 is 2.43. The van der Waals surface area contributed by atoms with Crippen LogP contribution >= 0.6 is 0 Å². The molecule has 0 saturated carbocycles. The molecule has 0 aliphatic carbocycles. The van der Waals surface area contributed by atoms with Crippen molar-refractivity contribution in [3.63, 3.8) is 0 Å². The molecule has 3 rings (SSSR count). The molecule has 0 aliphatic heterocycles. The van der Waals surface area contributed by atoms with E-state index in [1.807, 2.05) is 51.1 Å². The van der Waals surface area contributed by atoms with E-state index < -0.39 is 6.03 Å². The van der Waals surface area contributed by atoms with Gasteiger partial charge in [-0.1, -0.05) is 61.5 Å². The topological polar surface area (TPSA) is 78.5 Å². The second kappa shape index (κ2) is 5.18. The Bertz CT molecular complexity index is 783. The minimum Gasteiger partial charge on any atom is -0.243 e. The molecule has 3 aromatic rings. The normalized spacial score (nSPS) is 11.6. The van der Waals surface area contributed by atoms with Crippen LogP contribution in [0.25, 0.3) is 11.3 Å². The van der Waals surface area contributed by atoms with Crippen molar-refractivity contribution < 1.29 is 4.79 Å². The zero-order chi connectivity index (χ0) is 15.7. The molecule has 22 heavy (non-hydrogen) atoms. The van der Waals surface area contributed by atoms with Crippen molar-refractivity contribution in [2.75, 3.05) is 0 Å². The standard InChI is InChI=1S/C15H16N6O/c1-15(2,3)13-12(11-7-5-4-6-8-11)17-19-21(13)14(22)20-10-9-16-18-20/h4-10H,1-3H3. The minimum absolute atomic E-state index is 0.315. The molecule has 112 valence electrons. The van der Waals surface area contributed by atoms with Crippen LogP contribution in [0.3, 0.4) is 0 Å². The summed E-state index contributed by atoms with van der Waals surface area (Å²) in [6.45, 7) is 6.05. The second-order valence-electron chi connectivity index (χ2n) is 5.94. The van der Waals surface area contributed by atoms with Gasteiger partial charge in [0.25, 0.3) is 0 Å². The lowest BCUT2D eigenvalue weighted by atomic mass is 9.88. The Balaban J connectivity index is 2.17. The summed E-state index contributed by atoms with van der Waals surface area (Å²) in [7, 11) is 0. The second-order valence-corrected chi connectivity index (χ2v) is 5.94. The van der Waals surface area contributed by atoms with E-state index in [2.05, 4.69) is 20.6 Å². The molecular weight excluding hydrogens is 280 g/mol. The van der Waals surface area contributed by atoms with E-state index in [4.69, 9.17) is 0 Å². The summed E-state index contributed by atoms with van der Waals surface area (Å²) >= 11 is 0. The van der Waals surface area contributed by atoms with E-state index in [1.165, 1.54) is 17.1 Å². The van der Waals surface area contributed by atoms with Crippen molar-refractivity contribution in [1.82, 2.24) is 30.0 Å². The van der Waals surface area contributed by atoms with Gasteiger partial charge in [0.05, 0.1) is 18.1 Å². The first kappa shape index (κ1) is 14.1. The van der Waals surface area contributed by atoms with Crippen molar-refractivity contribution in [3.05, 3.63) is 48.4 Å². The number of hydrogen-bond acceptors (Lipinski definition) is 5. The van der Waals surface area contributed by atoms with Crippen LogP contribution in [0.2, 0.25) is 0 Å². The maximum atomic E-state index is 12.5. The van der Waals surface area contributed by atoms with Crippen LogP contribution in [0, 0.1) is 0 Å². The van der Waals surface area contributed by atoms with Crippen molar-refractivity contribution in [3.8, 4) is 11.3 Å². The molecule has 0 saturated heterocycles. The van der Waals surface area contributed by atoms with Crippen LogP contribution in [-0.2, 0) is 5.41 Å². The Morgan fingerprint density at radius 2 is 1.82 bits per heavy atom. The summed E-state index contributed by atoms with van der Waals surface area (Å²) in [5, 5.41) is 15.6. The van der Waals surface area contributed by atoms with E-state index >= 15 is 0 Å². The molecule has 0 atom stereocenters. The van der Waals surface area contributed by atoms with Gasteiger partial charge in [0.15, 0.2) is 0 Å². The van der Waals surface area contributed by atoms with E-state index in [0.717, 1.165) is 15.9 Å². The molecule has 0 fully saturated rings. The lowest BCUT2D eigenvalue weighted by Gasteiger charge is -2.20. The summed E-state index contributed by atoms with van der Waals surface area (Å²) in [6, 6.07) is 9.29. The van der Waals surface area contributed by atoms with Crippen molar-refractivity contribution in [1.29, 1.82) is 0 Å². The first-order chi connectivity index (χ1) is 10.5. The Morgan fingerprint density at radius 1 is 1.09 bits per heavy atom. The van der Waals surface area contributed by atoms with Gasteiger partial charge in [0.1, 0.15) is 5.69 Å². The van der Waals surface area contributed by atoms with Crippen LogP contribution in [-0.4, -0.2) is 36.0 Å². The molecule has 7 nitrogen and oxygen atoms in total. The third-order valence-corrected chi connectivity index (χ3v) is 3.23. The molecule has 0 N–H and O–H groups in total. The molecular formula is C15H16N6O. The maximum absolute atomic E-state index is 12.5. The van der Waals surface area contributed by atoms with Crippen molar-refractivity contribution in [2.24, 2.45) is 0 Å². The van der Waals surface area contributed by atoms with Gasteiger partial charge >= 0.3 is 6.03 Å². The van der Waals surface area contributed by atoms with E-state index in [1.54, 1.807) is 0 Å². The molecule has 0 spiro atoms. The average Bonchev–Trinajstić information content (AvgIpc) is 3.16. The monoisotopic (exact) mass is 296 g/mol. The predicted molar refractivity (Wildman–Crippen MR) is 80.4 cm³/mol. The molecule has 2 aromatic heterocycles. The van der Waals surface area contributed by atoms with Gasteiger partial charge in [-0.3, -0.25) is 0 Å². The van der Waals surface area contributed by atoms with Crippen LogP contribution in [0.15, 0.2) is 42.7 Å². The van der Waals surface area contributed by atoms with Crippen LogP contribution in [0.1, 0.15) is 26.5 Å². The smallest absolute Gasteiger partial charge is 0.243 e. The molecule has 2 heterocycles. The van der Waals surface area contributed by atoms with Gasteiger partial charge in [-0.05, 0) is 0 Å². The quantitative estimate of drug-likeness (QED) is 0.688. The minimum atomic E-state index is -0.405. The molecule has 0 bridgehead atoms. The highest BCUT2D eigenvalue weighted by Gasteiger charge is 2.29. The number of hydrogen-bond donors (Lipinski definition) is 0. The fourth-order valence-electron chi connectivity index (χ4n) is 2.29. The maximum Gasteiger partial charge on any atom is 0.372 e. The van der Waals surface area contributed by atoms with E-state index in [9.17, 15) is 4.79 Å². The SMILES string of the molecule is CC(C)(C)c1c(-c2ccccc2)nnn1C(=O)n1ccnn1. The largest absolute Gasteiger partial charge is 0.372 e. The fraction of sp³-hybridized carbons (Fsp3) is 0.267. The first-order valence-electron chi connectivity index (χ1n) is 6.91. The van der Waals surface area contributed by atoms with Gasteiger partial charge in [-0.25, -0.2) is 4.79 Å². The van der Waals surface area contributed by atoms with E-state index in [-0.39, 0.29) is 5.41 Å². The third kappa shape index (κ3) is 2.41. The van der Waals surface area contributed by atoms with E-state index in [0.29, 0.717) is 5.69 Å². The molecule has 7 heteroatoms. The van der Waals surface area contributed by atoms with Crippen LogP contribution < -0.4 is 0 Å². The Labute approximate surface area is 127 Å². The predicted octanol–water partition coefficient (Wildman–Crippen LogP) is 2.35. The molecule has 0 aliphatic rings. The van der Waals surface area contributed by atoms with Gasteiger partial charge in [-0.2, -0.15) is 9.36 Å². The zero-order valence-electron chi connectivity index (χ0n) is 12.6. The first-order valence-corrected chi connectivity index (χ1v) is 6.91. The average molecular weight is 296 g/mol. The Hall–Kier alpha value is -2.83. The van der Waals surface area contributed by atoms with Gasteiger partial charge in [0, 0.05) is 11.0 Å². The Morgan fingerprint density at radius 3 is 2.41 bits per heavy atom. The van der Waals surface area contributed by atoms with Crippen LogP contribution in [0.4, 0.5) is 4.79 Å². The molecule has 0 unspecified atom stereocenters. The summed E-state index contributed by atoms with van der Waals surface area (Å²) in [6.07, 6.45) is 2.93. The Kier molecular flexibility index (Phi) is 3.32. The third-order valence-electron chi connectivity index (χ3n) is 3.23. The number of aromatic nitrogens is 6. The zero-order valence-corrected chi connectivity index (χ0v) is 12.6. The highest BCUT2D eigenvalue weighted by molar-refractivity contribution is 5.80. The van der Waals surface area contributed by atoms with Gasteiger partial charge in [0.2, 0.25) is 0 Å². The lowest BCUT2D eigenvalue weighted by molar-refractivity contribution is 0.235. The molecule has 1 aromatic carbocycles. The van der Waals surface area contributed by atoms with Crippen molar-refractivity contribution >= 4 is 6.03 Å². The highest BCUT2D eigenvalue weighted by atomic mass is 16.2. The number of nitrogens with zero attached hydrogens (tertiary/aromatic N) is 6. The van der Waals surface area contributed by atoms with Crippen molar-refractivity contribution in [2.45, 2.75) is 26.2 Å². The molecule has 0 amide bonds. The number of rotatable bonds is 1. The summed E-state index contributed by atoms with van der Waals surface area (Å²) in [5.74, 6) is 0. The number of carbonyl (C=O) groups is 1. The highest BCUT2D eigenvalue weighted by Crippen LogP contribution is 2.31. The lowest BCUT2D eigenvalue weighted by Crippen LogP contribution is -2.28.